The standard InChI is InChI=1S/C16H27N5S/c1-17-15(19-13-6-2-3-7-13)18-9-8-14-12-22-16(20-14)21-10-4-5-11-21/h12-13H,2-11H2,1H3,(H2,17,18,19). The van der Waals surface area contributed by atoms with Gasteiger partial charge in [0.2, 0.25) is 0 Å². The number of hydrogen-bond donors (Lipinski definition) is 2. The molecule has 5 nitrogen and oxygen atoms in total. The van der Waals surface area contributed by atoms with Gasteiger partial charge in [0.1, 0.15) is 0 Å². The molecule has 0 aromatic carbocycles. The lowest BCUT2D eigenvalue weighted by atomic mass is 10.2. The molecule has 1 saturated carbocycles. The van der Waals surface area contributed by atoms with Crippen molar-refractivity contribution in [1.29, 1.82) is 0 Å². The Balaban J connectivity index is 1.41. The summed E-state index contributed by atoms with van der Waals surface area (Å²) < 4.78 is 0. The molecule has 0 amide bonds. The fraction of sp³-hybridized carbons (Fsp3) is 0.750. The van der Waals surface area contributed by atoms with Gasteiger partial charge in [-0.1, -0.05) is 12.8 Å². The predicted molar refractivity (Wildman–Crippen MR) is 94.0 cm³/mol. The van der Waals surface area contributed by atoms with Gasteiger partial charge in [-0.3, -0.25) is 4.99 Å². The third-order valence-corrected chi connectivity index (χ3v) is 5.46. The molecule has 1 aliphatic heterocycles. The molecular formula is C16H27N5S. The maximum Gasteiger partial charge on any atom is 0.191 e. The van der Waals surface area contributed by atoms with Crippen LogP contribution in [0.4, 0.5) is 5.13 Å². The Morgan fingerprint density at radius 3 is 2.82 bits per heavy atom. The summed E-state index contributed by atoms with van der Waals surface area (Å²) in [5.74, 6) is 0.932. The number of rotatable bonds is 5. The monoisotopic (exact) mass is 321 g/mol. The van der Waals surface area contributed by atoms with Crippen LogP contribution in [0.2, 0.25) is 0 Å². The molecule has 6 heteroatoms. The van der Waals surface area contributed by atoms with Gasteiger partial charge in [-0.2, -0.15) is 0 Å². The third kappa shape index (κ3) is 4.12. The zero-order valence-corrected chi connectivity index (χ0v) is 14.3. The number of hydrogen-bond acceptors (Lipinski definition) is 4. The van der Waals surface area contributed by atoms with Crippen LogP contribution in [0.1, 0.15) is 44.2 Å². The third-order valence-electron chi connectivity index (χ3n) is 4.51. The van der Waals surface area contributed by atoms with E-state index >= 15 is 0 Å². The van der Waals surface area contributed by atoms with E-state index in [0.717, 1.165) is 18.9 Å². The van der Waals surface area contributed by atoms with Gasteiger partial charge in [-0.05, 0) is 25.7 Å². The number of aromatic nitrogens is 1. The van der Waals surface area contributed by atoms with Crippen LogP contribution < -0.4 is 15.5 Å². The second-order valence-electron chi connectivity index (χ2n) is 6.19. The number of nitrogens with one attached hydrogen (secondary N) is 2. The van der Waals surface area contributed by atoms with Gasteiger partial charge in [0, 0.05) is 44.5 Å². The summed E-state index contributed by atoms with van der Waals surface area (Å²) in [4.78, 5) is 11.5. The quantitative estimate of drug-likeness (QED) is 0.646. The Bertz CT molecular complexity index is 486. The molecule has 0 atom stereocenters. The van der Waals surface area contributed by atoms with Crippen LogP contribution in [0.25, 0.3) is 0 Å². The van der Waals surface area contributed by atoms with Gasteiger partial charge >= 0.3 is 0 Å². The molecule has 0 radical (unpaired) electrons. The second kappa shape index (κ2) is 7.81. The van der Waals surface area contributed by atoms with Crippen LogP contribution in [0.5, 0.6) is 0 Å². The molecule has 1 aromatic heterocycles. The van der Waals surface area contributed by atoms with Crippen LogP contribution in [0.3, 0.4) is 0 Å². The van der Waals surface area contributed by atoms with E-state index in [1.807, 2.05) is 7.05 Å². The maximum absolute atomic E-state index is 4.76. The van der Waals surface area contributed by atoms with Crippen molar-refractivity contribution in [1.82, 2.24) is 15.6 Å². The van der Waals surface area contributed by atoms with E-state index in [-0.39, 0.29) is 0 Å². The number of anilines is 1. The molecule has 2 heterocycles. The first-order valence-electron chi connectivity index (χ1n) is 8.51. The SMILES string of the molecule is CN=C(NCCc1csc(N2CCCC2)n1)NC1CCCC1. The van der Waals surface area contributed by atoms with E-state index in [1.54, 1.807) is 11.3 Å². The Labute approximate surface area is 137 Å². The van der Waals surface area contributed by atoms with Crippen LogP contribution >= 0.6 is 11.3 Å². The zero-order valence-electron chi connectivity index (χ0n) is 13.5. The number of nitrogens with zero attached hydrogens (tertiary/aromatic N) is 3. The van der Waals surface area contributed by atoms with Gasteiger partial charge in [-0.15, -0.1) is 11.3 Å². The van der Waals surface area contributed by atoms with Crippen LogP contribution in [0.15, 0.2) is 10.4 Å². The summed E-state index contributed by atoms with van der Waals surface area (Å²) in [6, 6.07) is 0.604. The summed E-state index contributed by atoms with van der Waals surface area (Å²) in [6.45, 7) is 3.22. The summed E-state index contributed by atoms with van der Waals surface area (Å²) in [5, 5.41) is 10.3. The Morgan fingerprint density at radius 1 is 1.32 bits per heavy atom. The number of guanidine groups is 1. The minimum Gasteiger partial charge on any atom is -0.356 e. The second-order valence-corrected chi connectivity index (χ2v) is 7.03. The summed E-state index contributed by atoms with van der Waals surface area (Å²) >= 11 is 1.78. The van der Waals surface area contributed by atoms with E-state index in [0.29, 0.717) is 6.04 Å². The smallest absolute Gasteiger partial charge is 0.191 e. The lowest BCUT2D eigenvalue weighted by Crippen LogP contribution is -2.43. The average molecular weight is 321 g/mol. The van der Waals surface area contributed by atoms with Crippen molar-refractivity contribution < 1.29 is 0 Å². The van der Waals surface area contributed by atoms with Crippen molar-refractivity contribution >= 4 is 22.4 Å². The molecular weight excluding hydrogens is 294 g/mol. The van der Waals surface area contributed by atoms with E-state index in [2.05, 4.69) is 25.9 Å². The summed E-state index contributed by atoms with van der Waals surface area (Å²) in [6.07, 6.45) is 8.78. The fourth-order valence-corrected chi connectivity index (χ4v) is 4.15. The molecule has 1 aromatic rings. The highest BCUT2D eigenvalue weighted by molar-refractivity contribution is 7.13. The minimum absolute atomic E-state index is 0.604. The molecule has 2 fully saturated rings. The highest BCUT2D eigenvalue weighted by atomic mass is 32.1. The molecule has 0 unspecified atom stereocenters. The Morgan fingerprint density at radius 2 is 2.09 bits per heavy atom. The normalized spacial score (nSPS) is 19.9. The average Bonchev–Trinajstić information content (AvgIpc) is 3.27. The summed E-state index contributed by atoms with van der Waals surface area (Å²) in [5.41, 5.74) is 1.19. The van der Waals surface area contributed by atoms with Crippen molar-refractivity contribution in [3.63, 3.8) is 0 Å². The highest BCUT2D eigenvalue weighted by Gasteiger charge is 2.17. The largest absolute Gasteiger partial charge is 0.356 e. The fourth-order valence-electron chi connectivity index (χ4n) is 3.23. The molecule has 1 aliphatic carbocycles. The molecule has 3 rings (SSSR count). The van der Waals surface area contributed by atoms with Crippen molar-refractivity contribution in [3.8, 4) is 0 Å². The topological polar surface area (TPSA) is 52.6 Å². The van der Waals surface area contributed by atoms with Crippen molar-refractivity contribution in [2.75, 3.05) is 31.6 Å². The van der Waals surface area contributed by atoms with E-state index < -0.39 is 0 Å². The maximum atomic E-state index is 4.76. The van der Waals surface area contributed by atoms with Gasteiger partial charge < -0.3 is 15.5 Å². The number of aliphatic imine (C=N–C) groups is 1. The Kier molecular flexibility index (Phi) is 5.53. The first kappa shape index (κ1) is 15.6. The van der Waals surface area contributed by atoms with Gasteiger partial charge in [0.05, 0.1) is 5.69 Å². The van der Waals surface area contributed by atoms with Crippen molar-refractivity contribution in [2.24, 2.45) is 4.99 Å². The van der Waals surface area contributed by atoms with E-state index in [4.69, 9.17) is 4.98 Å². The molecule has 22 heavy (non-hydrogen) atoms. The molecule has 0 bridgehead atoms. The first-order chi connectivity index (χ1) is 10.8. The van der Waals surface area contributed by atoms with Gasteiger partial charge in [0.25, 0.3) is 0 Å². The van der Waals surface area contributed by atoms with Crippen LogP contribution in [-0.2, 0) is 6.42 Å². The molecule has 1 saturated heterocycles. The zero-order chi connectivity index (χ0) is 15.2. The lowest BCUT2D eigenvalue weighted by molar-refractivity contribution is 0.613. The lowest BCUT2D eigenvalue weighted by Gasteiger charge is -2.16. The van der Waals surface area contributed by atoms with Gasteiger partial charge in [0.15, 0.2) is 11.1 Å². The van der Waals surface area contributed by atoms with Gasteiger partial charge in [-0.25, -0.2) is 4.98 Å². The van der Waals surface area contributed by atoms with Crippen LogP contribution in [-0.4, -0.2) is 43.7 Å². The van der Waals surface area contributed by atoms with E-state index in [1.165, 1.54) is 62.4 Å². The minimum atomic E-state index is 0.604. The molecule has 122 valence electrons. The summed E-state index contributed by atoms with van der Waals surface area (Å²) in [7, 11) is 1.85. The highest BCUT2D eigenvalue weighted by Crippen LogP contribution is 2.24. The van der Waals surface area contributed by atoms with Crippen LogP contribution in [0, 0.1) is 0 Å². The van der Waals surface area contributed by atoms with E-state index in [9.17, 15) is 0 Å². The van der Waals surface area contributed by atoms with Crippen molar-refractivity contribution in [3.05, 3.63) is 11.1 Å². The predicted octanol–water partition coefficient (Wildman–Crippen LogP) is 2.39. The molecule has 0 spiro atoms. The molecule has 2 N–H and O–H groups in total. The van der Waals surface area contributed by atoms with Crippen molar-refractivity contribution in [2.45, 2.75) is 51.0 Å². The molecule has 2 aliphatic rings. The first-order valence-corrected chi connectivity index (χ1v) is 9.39. The Hall–Kier alpha value is -1.30. The number of thiazole rings is 1.